The van der Waals surface area contributed by atoms with E-state index in [-0.39, 0.29) is 24.7 Å². The molecule has 3 rings (SSSR count). The lowest BCUT2D eigenvalue weighted by Gasteiger charge is -2.21. The van der Waals surface area contributed by atoms with E-state index in [2.05, 4.69) is 14.3 Å². The van der Waals surface area contributed by atoms with Gasteiger partial charge < -0.3 is 14.5 Å². The molecular formula is C20H25ClN4O3S. The Labute approximate surface area is 179 Å². The van der Waals surface area contributed by atoms with E-state index in [1.165, 1.54) is 11.5 Å². The van der Waals surface area contributed by atoms with Crippen molar-refractivity contribution in [2.75, 3.05) is 37.7 Å². The van der Waals surface area contributed by atoms with Crippen molar-refractivity contribution in [1.82, 2.24) is 14.3 Å². The number of hydrogen-bond acceptors (Lipinski definition) is 7. The van der Waals surface area contributed by atoms with Crippen molar-refractivity contribution in [3.8, 4) is 0 Å². The van der Waals surface area contributed by atoms with Crippen LogP contribution in [0.25, 0.3) is 0 Å². The normalized spacial score (nSPS) is 14.6. The van der Waals surface area contributed by atoms with E-state index in [1.807, 2.05) is 29.2 Å². The van der Waals surface area contributed by atoms with Crippen LogP contribution in [-0.4, -0.2) is 58.9 Å². The molecule has 156 valence electrons. The van der Waals surface area contributed by atoms with Gasteiger partial charge in [-0.1, -0.05) is 23.7 Å². The Kier molecular flexibility index (Phi) is 7.83. The molecular weight excluding hydrogens is 412 g/mol. The fourth-order valence-electron chi connectivity index (χ4n) is 3.19. The molecule has 0 spiro atoms. The van der Waals surface area contributed by atoms with Crippen molar-refractivity contribution in [2.45, 2.75) is 32.6 Å². The van der Waals surface area contributed by atoms with Crippen LogP contribution in [-0.2, 0) is 20.7 Å². The highest BCUT2D eigenvalue weighted by Gasteiger charge is 2.22. The number of halogens is 1. The number of hydrogen-bond donors (Lipinski definition) is 0. The molecule has 7 nitrogen and oxygen atoms in total. The molecule has 1 saturated heterocycles. The minimum atomic E-state index is -0.320. The molecule has 0 aliphatic carbocycles. The second kappa shape index (κ2) is 10.5. The molecule has 0 bridgehead atoms. The number of carbonyl (C=O) groups excluding carboxylic acids is 2. The number of benzene rings is 1. The summed E-state index contributed by atoms with van der Waals surface area (Å²) in [5.41, 5.74) is 1.12. The highest BCUT2D eigenvalue weighted by molar-refractivity contribution is 7.09. The van der Waals surface area contributed by atoms with E-state index in [1.54, 1.807) is 6.92 Å². The predicted octanol–water partition coefficient (Wildman–Crippen LogP) is 3.16. The van der Waals surface area contributed by atoms with Gasteiger partial charge in [0.05, 0.1) is 13.0 Å². The van der Waals surface area contributed by atoms with Gasteiger partial charge in [-0.2, -0.15) is 4.37 Å². The van der Waals surface area contributed by atoms with Gasteiger partial charge in [-0.3, -0.25) is 9.59 Å². The van der Waals surface area contributed by atoms with Crippen LogP contribution in [0.5, 0.6) is 0 Å². The summed E-state index contributed by atoms with van der Waals surface area (Å²) < 4.78 is 9.38. The highest BCUT2D eigenvalue weighted by Crippen LogP contribution is 2.21. The van der Waals surface area contributed by atoms with Crippen LogP contribution in [0.2, 0.25) is 5.02 Å². The fraction of sp³-hybridized carbons (Fsp3) is 0.500. The number of rotatable bonds is 7. The lowest BCUT2D eigenvalue weighted by atomic mass is 10.1. The van der Waals surface area contributed by atoms with Gasteiger partial charge in [-0.25, -0.2) is 4.98 Å². The van der Waals surface area contributed by atoms with Gasteiger partial charge >= 0.3 is 5.97 Å². The number of anilines is 1. The number of amides is 1. The average molecular weight is 437 g/mol. The first-order chi connectivity index (χ1) is 14.0. The third-order valence-corrected chi connectivity index (χ3v) is 5.77. The minimum Gasteiger partial charge on any atom is -0.466 e. The first-order valence-electron chi connectivity index (χ1n) is 9.80. The number of aromatic nitrogens is 2. The van der Waals surface area contributed by atoms with Gasteiger partial charge in [-0.05, 0) is 31.0 Å². The molecule has 1 aromatic carbocycles. The first kappa shape index (κ1) is 21.5. The number of esters is 1. The van der Waals surface area contributed by atoms with Crippen molar-refractivity contribution in [1.29, 1.82) is 0 Å². The Morgan fingerprint density at radius 1 is 1.14 bits per heavy atom. The molecule has 0 atom stereocenters. The Bertz CT molecular complexity index is 827. The second-order valence-corrected chi connectivity index (χ2v) is 7.99. The molecule has 1 aromatic heterocycles. The third kappa shape index (κ3) is 6.40. The molecule has 2 heterocycles. The summed E-state index contributed by atoms with van der Waals surface area (Å²) in [6.45, 7) is 4.95. The van der Waals surface area contributed by atoms with Crippen LogP contribution in [0.15, 0.2) is 24.3 Å². The summed E-state index contributed by atoms with van der Waals surface area (Å²) in [6, 6.07) is 7.70. The SMILES string of the molecule is CCOC(=O)CCC(=O)N1CCCN(c2nc(Cc3ccc(Cl)cc3)ns2)CC1. The van der Waals surface area contributed by atoms with Crippen LogP contribution < -0.4 is 4.90 Å². The summed E-state index contributed by atoms with van der Waals surface area (Å²) in [5, 5.41) is 1.60. The maximum absolute atomic E-state index is 12.4. The maximum atomic E-state index is 12.4. The standard InChI is InChI=1S/C20H25ClN4O3S/c1-2-28-19(27)9-8-18(26)24-10-3-11-25(13-12-24)20-22-17(23-29-20)14-15-4-6-16(21)7-5-15/h4-7H,2-3,8-14H2,1H3. The molecule has 1 aliphatic heterocycles. The Morgan fingerprint density at radius 2 is 1.93 bits per heavy atom. The van der Waals surface area contributed by atoms with E-state index in [0.717, 1.165) is 29.5 Å². The van der Waals surface area contributed by atoms with Crippen molar-refractivity contribution >= 4 is 40.1 Å². The first-order valence-corrected chi connectivity index (χ1v) is 11.0. The molecule has 1 fully saturated rings. The molecule has 9 heteroatoms. The lowest BCUT2D eigenvalue weighted by molar-refractivity contribution is -0.145. The number of nitrogens with zero attached hydrogens (tertiary/aromatic N) is 4. The Balaban J connectivity index is 1.51. The van der Waals surface area contributed by atoms with Crippen molar-refractivity contribution < 1.29 is 14.3 Å². The number of ether oxygens (including phenoxy) is 1. The highest BCUT2D eigenvalue weighted by atomic mass is 35.5. The van der Waals surface area contributed by atoms with Crippen LogP contribution in [0, 0.1) is 0 Å². The quantitative estimate of drug-likeness (QED) is 0.620. The van der Waals surface area contributed by atoms with Gasteiger partial charge in [0.25, 0.3) is 0 Å². The Morgan fingerprint density at radius 3 is 2.69 bits per heavy atom. The Hall–Kier alpha value is -2.19. The van der Waals surface area contributed by atoms with E-state index >= 15 is 0 Å². The molecule has 1 aliphatic rings. The molecule has 0 N–H and O–H groups in total. The monoisotopic (exact) mass is 436 g/mol. The van der Waals surface area contributed by atoms with Crippen LogP contribution in [0.1, 0.15) is 37.6 Å². The van der Waals surface area contributed by atoms with Gasteiger partial charge in [0.15, 0.2) is 0 Å². The molecule has 0 unspecified atom stereocenters. The van der Waals surface area contributed by atoms with E-state index in [0.29, 0.717) is 37.7 Å². The minimum absolute atomic E-state index is 0.000550. The van der Waals surface area contributed by atoms with Crippen molar-refractivity contribution in [2.24, 2.45) is 0 Å². The third-order valence-electron chi connectivity index (χ3n) is 4.70. The summed E-state index contributed by atoms with van der Waals surface area (Å²) in [4.78, 5) is 32.6. The van der Waals surface area contributed by atoms with Crippen LogP contribution >= 0.6 is 23.1 Å². The van der Waals surface area contributed by atoms with Crippen molar-refractivity contribution in [3.63, 3.8) is 0 Å². The summed E-state index contributed by atoms with van der Waals surface area (Å²) in [5.74, 6) is 0.471. The van der Waals surface area contributed by atoms with E-state index in [9.17, 15) is 9.59 Å². The van der Waals surface area contributed by atoms with Crippen LogP contribution in [0.3, 0.4) is 0 Å². The summed E-state index contributed by atoms with van der Waals surface area (Å²) in [6.07, 6.45) is 1.86. The molecule has 0 radical (unpaired) electrons. The van der Waals surface area contributed by atoms with E-state index < -0.39 is 0 Å². The molecule has 1 amide bonds. The summed E-state index contributed by atoms with van der Waals surface area (Å²) >= 11 is 7.32. The second-order valence-electron chi connectivity index (χ2n) is 6.82. The van der Waals surface area contributed by atoms with Gasteiger partial charge in [0.2, 0.25) is 11.0 Å². The molecule has 0 saturated carbocycles. The lowest BCUT2D eigenvalue weighted by Crippen LogP contribution is -2.35. The number of carbonyl (C=O) groups is 2. The van der Waals surface area contributed by atoms with Gasteiger partial charge in [0, 0.05) is 55.6 Å². The zero-order valence-electron chi connectivity index (χ0n) is 16.5. The largest absolute Gasteiger partial charge is 0.466 e. The smallest absolute Gasteiger partial charge is 0.306 e. The zero-order valence-corrected chi connectivity index (χ0v) is 18.0. The average Bonchev–Trinajstić information content (AvgIpc) is 3.03. The summed E-state index contributed by atoms with van der Waals surface area (Å²) in [7, 11) is 0. The predicted molar refractivity (Wildman–Crippen MR) is 113 cm³/mol. The zero-order chi connectivity index (χ0) is 20.6. The molecule has 29 heavy (non-hydrogen) atoms. The van der Waals surface area contributed by atoms with Gasteiger partial charge in [0.1, 0.15) is 5.82 Å². The van der Waals surface area contributed by atoms with Gasteiger partial charge in [-0.15, -0.1) is 0 Å². The van der Waals surface area contributed by atoms with Crippen molar-refractivity contribution in [3.05, 3.63) is 40.7 Å². The maximum Gasteiger partial charge on any atom is 0.306 e. The van der Waals surface area contributed by atoms with Crippen LogP contribution in [0.4, 0.5) is 5.13 Å². The topological polar surface area (TPSA) is 75.6 Å². The molecule has 2 aromatic rings. The fourth-order valence-corrected chi connectivity index (χ4v) is 4.05. The van der Waals surface area contributed by atoms with E-state index in [4.69, 9.17) is 16.3 Å².